The van der Waals surface area contributed by atoms with E-state index in [1.807, 2.05) is 6.08 Å². The third-order valence-electron chi connectivity index (χ3n) is 8.18. The smallest absolute Gasteiger partial charge is 0.223 e. The van der Waals surface area contributed by atoms with Crippen LogP contribution in [-0.4, -0.2) is 40.7 Å². The maximum absolute atomic E-state index is 13.4. The quantitative estimate of drug-likeness (QED) is 0.355. The molecule has 0 bridgehead atoms. The highest BCUT2D eigenvalue weighted by Crippen LogP contribution is 2.67. The number of carbonyl (C=O) groups is 2. The first-order valence-corrected chi connectivity index (χ1v) is 12.5. The van der Waals surface area contributed by atoms with Crippen molar-refractivity contribution in [3.05, 3.63) is 48.0 Å². The molecule has 4 aliphatic rings. The van der Waals surface area contributed by atoms with Gasteiger partial charge in [-0.05, 0) is 56.1 Å². The summed E-state index contributed by atoms with van der Waals surface area (Å²) in [5.41, 5.74) is 1.09. The van der Waals surface area contributed by atoms with Crippen molar-refractivity contribution in [3.63, 3.8) is 0 Å². The van der Waals surface area contributed by atoms with E-state index in [4.69, 9.17) is 10.8 Å². The number of aryl methyl sites for hydroxylation is 1. The molecule has 2 saturated heterocycles. The maximum atomic E-state index is 13.4. The molecule has 0 radical (unpaired) electrons. The van der Waals surface area contributed by atoms with Gasteiger partial charge in [0.25, 0.3) is 0 Å². The van der Waals surface area contributed by atoms with Gasteiger partial charge in [-0.1, -0.05) is 18.2 Å². The third kappa shape index (κ3) is 3.64. The second-order valence-corrected chi connectivity index (χ2v) is 10.1. The Morgan fingerprint density at radius 1 is 1.42 bits per heavy atom. The summed E-state index contributed by atoms with van der Waals surface area (Å²) in [7, 11) is 0. The Bertz CT molecular complexity index is 1010. The van der Waals surface area contributed by atoms with Crippen LogP contribution in [0.4, 0.5) is 0 Å². The highest BCUT2D eigenvalue weighted by molar-refractivity contribution is 5.79. The Morgan fingerprint density at radius 2 is 2.30 bits per heavy atom. The SMILES string of the molecule is C#CCCc1cc2c(o1)[C@H]1N3C(=O)CCC/C=C\[C@@H]3C[C@]13CN(C(=O)CCCC=C)CC[C@H]23. The lowest BCUT2D eigenvalue weighted by molar-refractivity contribution is -0.138. The van der Waals surface area contributed by atoms with Crippen LogP contribution >= 0.6 is 0 Å². The number of hydrogen-bond donors (Lipinski definition) is 0. The Hall–Kier alpha value is -2.74. The van der Waals surface area contributed by atoms with Gasteiger partial charge >= 0.3 is 0 Å². The Morgan fingerprint density at radius 3 is 3.12 bits per heavy atom. The van der Waals surface area contributed by atoms with E-state index in [9.17, 15) is 9.59 Å². The zero-order chi connectivity index (χ0) is 23.0. The molecule has 1 aromatic rings. The van der Waals surface area contributed by atoms with Crippen LogP contribution in [0.3, 0.4) is 0 Å². The van der Waals surface area contributed by atoms with Crippen molar-refractivity contribution in [2.45, 2.75) is 82.2 Å². The van der Waals surface area contributed by atoms with Gasteiger partial charge in [0.1, 0.15) is 11.5 Å². The summed E-state index contributed by atoms with van der Waals surface area (Å²) in [5, 5.41) is 0. The fraction of sp³-hybridized carbons (Fsp3) is 0.571. The molecule has 0 aromatic carbocycles. The molecule has 5 rings (SSSR count). The van der Waals surface area contributed by atoms with E-state index < -0.39 is 0 Å². The number of rotatable bonds is 6. The standard InChI is InChI=1S/C28H34N2O3/c1-3-5-8-13-24(31)29-16-15-23-22-17-21(12-6-4-2)33-26(22)27-28(23,19-29)18-20-11-9-7-10-14-25(32)30(20)27/h2-3,9,11,17,20,23,27H,1,5-8,10,12-16,18-19H2/b11-9-/t20-,23-,27-,28-/m1/s1. The lowest BCUT2D eigenvalue weighted by atomic mass is 9.68. The van der Waals surface area contributed by atoms with E-state index in [0.717, 1.165) is 63.0 Å². The van der Waals surface area contributed by atoms with Crippen molar-refractivity contribution in [1.29, 1.82) is 0 Å². The Labute approximate surface area is 196 Å². The molecule has 5 nitrogen and oxygen atoms in total. The minimum atomic E-state index is -0.167. The zero-order valence-electron chi connectivity index (χ0n) is 19.4. The van der Waals surface area contributed by atoms with E-state index in [-0.39, 0.29) is 29.3 Å². The van der Waals surface area contributed by atoms with Gasteiger partial charge < -0.3 is 14.2 Å². The largest absolute Gasteiger partial charge is 0.464 e. The number of allylic oxidation sites excluding steroid dienone is 2. The molecule has 1 aromatic heterocycles. The van der Waals surface area contributed by atoms with Crippen molar-refractivity contribution in [2.24, 2.45) is 5.41 Å². The number of unbranched alkanes of at least 4 members (excludes halogenated alkanes) is 1. The highest BCUT2D eigenvalue weighted by atomic mass is 16.3. The first-order valence-electron chi connectivity index (χ1n) is 12.5. The Balaban J connectivity index is 1.51. The van der Waals surface area contributed by atoms with E-state index in [2.05, 4.69) is 40.5 Å². The minimum Gasteiger partial charge on any atom is -0.464 e. The number of terminal acetylenes is 1. The van der Waals surface area contributed by atoms with Crippen molar-refractivity contribution in [3.8, 4) is 12.3 Å². The average Bonchev–Trinajstić information content (AvgIpc) is 3.41. The second kappa shape index (κ2) is 8.89. The van der Waals surface area contributed by atoms with Gasteiger partial charge in [-0.2, -0.15) is 0 Å². The van der Waals surface area contributed by atoms with Crippen LogP contribution in [0, 0.1) is 17.8 Å². The molecule has 0 unspecified atom stereocenters. The molecular weight excluding hydrogens is 412 g/mol. The van der Waals surface area contributed by atoms with Crippen LogP contribution < -0.4 is 0 Å². The molecule has 174 valence electrons. The molecule has 1 spiro atoms. The molecule has 0 saturated carbocycles. The van der Waals surface area contributed by atoms with Gasteiger partial charge in [0.05, 0.1) is 12.1 Å². The molecular formula is C28H34N2O3. The summed E-state index contributed by atoms with van der Waals surface area (Å²) in [6, 6.07) is 2.17. The van der Waals surface area contributed by atoms with Gasteiger partial charge in [-0.15, -0.1) is 18.9 Å². The number of hydrogen-bond acceptors (Lipinski definition) is 3. The van der Waals surface area contributed by atoms with Crippen LogP contribution in [-0.2, 0) is 16.0 Å². The number of furan rings is 1. The first-order chi connectivity index (χ1) is 16.1. The van der Waals surface area contributed by atoms with Gasteiger partial charge in [-0.25, -0.2) is 0 Å². The first kappa shape index (κ1) is 22.1. The molecule has 33 heavy (non-hydrogen) atoms. The number of fused-ring (bicyclic) bond motifs is 5. The molecule has 4 atom stereocenters. The fourth-order valence-corrected chi connectivity index (χ4v) is 6.81. The normalized spacial score (nSPS) is 31.0. The second-order valence-electron chi connectivity index (χ2n) is 10.1. The van der Waals surface area contributed by atoms with Crippen LogP contribution in [0.25, 0.3) is 0 Å². The minimum absolute atomic E-state index is 0.0773. The summed E-state index contributed by atoms with van der Waals surface area (Å²) < 4.78 is 6.45. The van der Waals surface area contributed by atoms with E-state index in [1.54, 1.807) is 0 Å². The summed E-state index contributed by atoms with van der Waals surface area (Å²) >= 11 is 0. The van der Waals surface area contributed by atoms with Gasteiger partial charge in [-0.3, -0.25) is 9.59 Å². The summed E-state index contributed by atoms with van der Waals surface area (Å²) in [6.45, 7) is 5.24. The molecule has 0 N–H and O–H groups in total. The topological polar surface area (TPSA) is 53.8 Å². The number of carbonyl (C=O) groups excluding carboxylic acids is 2. The number of amides is 2. The van der Waals surface area contributed by atoms with E-state index >= 15 is 0 Å². The van der Waals surface area contributed by atoms with Crippen molar-refractivity contribution >= 4 is 11.8 Å². The zero-order valence-corrected chi connectivity index (χ0v) is 19.4. The number of piperidine rings is 1. The predicted octanol–water partition coefficient (Wildman–Crippen LogP) is 4.90. The number of likely N-dealkylation sites (tertiary alicyclic amines) is 1. The summed E-state index contributed by atoms with van der Waals surface area (Å²) in [4.78, 5) is 30.6. The fourth-order valence-electron chi connectivity index (χ4n) is 6.81. The van der Waals surface area contributed by atoms with E-state index in [1.165, 1.54) is 5.56 Å². The van der Waals surface area contributed by atoms with Crippen LogP contribution in [0.15, 0.2) is 35.3 Å². The summed E-state index contributed by atoms with van der Waals surface area (Å²) in [5.74, 6) is 5.34. The lowest BCUT2D eigenvalue weighted by Crippen LogP contribution is -2.50. The van der Waals surface area contributed by atoms with Crippen LogP contribution in [0.1, 0.15) is 86.8 Å². The average molecular weight is 447 g/mol. The Kier molecular flexibility index (Phi) is 5.95. The van der Waals surface area contributed by atoms with Gasteiger partial charge in [0.15, 0.2) is 0 Å². The van der Waals surface area contributed by atoms with Crippen molar-refractivity contribution in [1.82, 2.24) is 9.80 Å². The van der Waals surface area contributed by atoms with Gasteiger partial charge in [0, 0.05) is 44.2 Å². The number of nitrogens with zero attached hydrogens (tertiary/aromatic N) is 2. The van der Waals surface area contributed by atoms with E-state index in [0.29, 0.717) is 31.7 Å². The maximum Gasteiger partial charge on any atom is 0.223 e. The monoisotopic (exact) mass is 446 g/mol. The third-order valence-corrected chi connectivity index (χ3v) is 8.18. The molecule has 2 amide bonds. The molecule has 5 heteroatoms. The summed E-state index contributed by atoms with van der Waals surface area (Å²) in [6.07, 6.45) is 19.7. The van der Waals surface area contributed by atoms with Crippen LogP contribution in [0.5, 0.6) is 0 Å². The van der Waals surface area contributed by atoms with Crippen molar-refractivity contribution < 1.29 is 14.0 Å². The molecule has 3 aliphatic heterocycles. The predicted molar refractivity (Wildman–Crippen MR) is 127 cm³/mol. The van der Waals surface area contributed by atoms with Gasteiger partial charge in [0.2, 0.25) is 11.8 Å². The highest BCUT2D eigenvalue weighted by Gasteiger charge is 2.65. The lowest BCUT2D eigenvalue weighted by Gasteiger charge is -2.45. The van der Waals surface area contributed by atoms with Crippen molar-refractivity contribution in [2.75, 3.05) is 13.1 Å². The molecule has 4 heterocycles. The molecule has 2 fully saturated rings. The molecule has 1 aliphatic carbocycles. The van der Waals surface area contributed by atoms with Crippen LogP contribution in [0.2, 0.25) is 0 Å².